The summed E-state index contributed by atoms with van der Waals surface area (Å²) in [5, 5.41) is 13.6. The van der Waals surface area contributed by atoms with Crippen molar-refractivity contribution in [3.05, 3.63) is 50.6 Å². The van der Waals surface area contributed by atoms with Crippen LogP contribution in [0.3, 0.4) is 0 Å². The van der Waals surface area contributed by atoms with E-state index in [0.717, 1.165) is 9.35 Å². The molecule has 0 atom stereocenters. The van der Waals surface area contributed by atoms with Gasteiger partial charge in [-0.15, -0.1) is 11.3 Å². The van der Waals surface area contributed by atoms with Gasteiger partial charge in [-0.1, -0.05) is 6.07 Å². The van der Waals surface area contributed by atoms with E-state index in [1.807, 2.05) is 17.5 Å². The zero-order valence-corrected chi connectivity index (χ0v) is 13.2. The highest BCUT2D eigenvalue weighted by atomic mass is 79.9. The first-order valence-corrected chi connectivity index (χ1v) is 7.51. The molecule has 0 saturated heterocycles. The minimum atomic E-state index is -0.206. The standard InChI is InChI=1S/C14H12BrN3OS/c1-18(8-11-6-13(15)20-9-11)14(19)17-12-4-2-3-10(5-12)7-16/h2-6,9H,8H2,1H3,(H,17,19). The molecule has 0 radical (unpaired) electrons. The number of anilines is 1. The van der Waals surface area contributed by atoms with Gasteiger partial charge in [-0.05, 0) is 51.1 Å². The molecule has 0 aliphatic carbocycles. The van der Waals surface area contributed by atoms with Crippen LogP contribution in [0, 0.1) is 11.3 Å². The van der Waals surface area contributed by atoms with Gasteiger partial charge >= 0.3 is 6.03 Å². The van der Waals surface area contributed by atoms with Crippen molar-refractivity contribution in [2.24, 2.45) is 0 Å². The second-order valence-electron chi connectivity index (χ2n) is 4.24. The van der Waals surface area contributed by atoms with Crippen LogP contribution in [0.4, 0.5) is 10.5 Å². The fraction of sp³-hybridized carbons (Fsp3) is 0.143. The summed E-state index contributed by atoms with van der Waals surface area (Å²) < 4.78 is 1.04. The van der Waals surface area contributed by atoms with Crippen molar-refractivity contribution in [3.8, 4) is 6.07 Å². The second-order valence-corrected chi connectivity index (χ2v) is 6.53. The highest BCUT2D eigenvalue weighted by Crippen LogP contribution is 2.21. The average molecular weight is 350 g/mol. The monoisotopic (exact) mass is 349 g/mol. The lowest BCUT2D eigenvalue weighted by Gasteiger charge is -2.17. The molecular formula is C14H12BrN3OS. The quantitative estimate of drug-likeness (QED) is 0.908. The van der Waals surface area contributed by atoms with Crippen LogP contribution in [0.15, 0.2) is 39.5 Å². The predicted molar refractivity (Wildman–Crippen MR) is 83.7 cm³/mol. The van der Waals surface area contributed by atoms with Crippen molar-refractivity contribution in [1.82, 2.24) is 4.90 Å². The molecule has 20 heavy (non-hydrogen) atoms. The van der Waals surface area contributed by atoms with E-state index in [4.69, 9.17) is 5.26 Å². The molecule has 0 fully saturated rings. The smallest absolute Gasteiger partial charge is 0.321 e. The van der Waals surface area contributed by atoms with Gasteiger partial charge in [-0.25, -0.2) is 4.79 Å². The molecule has 2 aromatic rings. The Morgan fingerprint density at radius 1 is 1.50 bits per heavy atom. The number of nitrogens with one attached hydrogen (secondary N) is 1. The molecule has 0 saturated carbocycles. The fourth-order valence-corrected chi connectivity index (χ4v) is 2.86. The van der Waals surface area contributed by atoms with E-state index in [1.54, 1.807) is 47.5 Å². The van der Waals surface area contributed by atoms with E-state index in [2.05, 4.69) is 21.2 Å². The van der Waals surface area contributed by atoms with Gasteiger partial charge < -0.3 is 10.2 Å². The van der Waals surface area contributed by atoms with Crippen molar-refractivity contribution in [3.63, 3.8) is 0 Å². The van der Waals surface area contributed by atoms with Gasteiger partial charge in [0.1, 0.15) is 0 Å². The number of carbonyl (C=O) groups is 1. The maximum Gasteiger partial charge on any atom is 0.321 e. The molecule has 4 nitrogen and oxygen atoms in total. The van der Waals surface area contributed by atoms with Gasteiger partial charge in [0.2, 0.25) is 0 Å². The molecule has 0 unspecified atom stereocenters. The van der Waals surface area contributed by atoms with Gasteiger partial charge in [-0.2, -0.15) is 5.26 Å². The first kappa shape index (κ1) is 14.6. The summed E-state index contributed by atoms with van der Waals surface area (Å²) in [6.07, 6.45) is 0. The van der Waals surface area contributed by atoms with Crippen molar-refractivity contribution < 1.29 is 4.79 Å². The van der Waals surface area contributed by atoms with E-state index in [-0.39, 0.29) is 6.03 Å². The fourth-order valence-electron chi connectivity index (χ4n) is 1.66. The van der Waals surface area contributed by atoms with E-state index in [1.165, 1.54) is 0 Å². The molecule has 0 aliphatic rings. The van der Waals surface area contributed by atoms with Crippen LogP contribution in [-0.2, 0) is 6.54 Å². The third-order valence-electron chi connectivity index (χ3n) is 2.63. The van der Waals surface area contributed by atoms with E-state index >= 15 is 0 Å². The number of rotatable bonds is 3. The number of benzene rings is 1. The number of amides is 2. The van der Waals surface area contributed by atoms with Gasteiger partial charge in [-0.3, -0.25) is 0 Å². The van der Waals surface area contributed by atoms with Crippen LogP contribution >= 0.6 is 27.3 Å². The molecule has 0 bridgehead atoms. The number of nitrogens with zero attached hydrogens (tertiary/aromatic N) is 2. The Hall–Kier alpha value is -1.84. The molecule has 0 spiro atoms. The average Bonchev–Trinajstić information content (AvgIpc) is 2.84. The maximum absolute atomic E-state index is 12.0. The Morgan fingerprint density at radius 2 is 2.30 bits per heavy atom. The summed E-state index contributed by atoms with van der Waals surface area (Å²) >= 11 is 4.99. The van der Waals surface area contributed by atoms with Gasteiger partial charge in [0, 0.05) is 19.3 Å². The van der Waals surface area contributed by atoms with E-state index < -0.39 is 0 Å². The number of halogens is 1. The van der Waals surface area contributed by atoms with Gasteiger partial charge in [0.15, 0.2) is 0 Å². The maximum atomic E-state index is 12.0. The van der Waals surface area contributed by atoms with Crippen LogP contribution in [0.5, 0.6) is 0 Å². The number of carbonyl (C=O) groups excluding carboxylic acids is 1. The van der Waals surface area contributed by atoms with E-state index in [9.17, 15) is 4.79 Å². The zero-order chi connectivity index (χ0) is 14.5. The molecule has 1 heterocycles. The second kappa shape index (κ2) is 6.55. The Labute approximate surface area is 129 Å². The number of urea groups is 1. The highest BCUT2D eigenvalue weighted by Gasteiger charge is 2.10. The zero-order valence-electron chi connectivity index (χ0n) is 10.8. The SMILES string of the molecule is CN(Cc1csc(Br)c1)C(=O)Nc1cccc(C#N)c1. The van der Waals surface area contributed by atoms with Crippen LogP contribution in [-0.4, -0.2) is 18.0 Å². The normalized spacial score (nSPS) is 9.85. The first-order valence-electron chi connectivity index (χ1n) is 5.83. The lowest BCUT2D eigenvalue weighted by molar-refractivity contribution is 0.221. The van der Waals surface area contributed by atoms with Crippen LogP contribution in [0.25, 0.3) is 0 Å². The molecular weight excluding hydrogens is 338 g/mol. The lowest BCUT2D eigenvalue weighted by atomic mass is 10.2. The third-order valence-corrected chi connectivity index (χ3v) is 4.18. The topological polar surface area (TPSA) is 56.1 Å². The van der Waals surface area contributed by atoms with Crippen LogP contribution in [0.2, 0.25) is 0 Å². The molecule has 0 aliphatic heterocycles. The summed E-state index contributed by atoms with van der Waals surface area (Å²) in [6, 6.07) is 10.7. The molecule has 2 rings (SSSR count). The summed E-state index contributed by atoms with van der Waals surface area (Å²) in [6.45, 7) is 0.534. The summed E-state index contributed by atoms with van der Waals surface area (Å²) in [5.41, 5.74) is 2.21. The minimum Gasteiger partial charge on any atom is -0.323 e. The number of thiophene rings is 1. The van der Waals surface area contributed by atoms with Crippen LogP contribution < -0.4 is 5.32 Å². The highest BCUT2D eigenvalue weighted by molar-refractivity contribution is 9.11. The van der Waals surface area contributed by atoms with E-state index in [0.29, 0.717) is 17.8 Å². The van der Waals surface area contributed by atoms with Crippen molar-refractivity contribution in [1.29, 1.82) is 5.26 Å². The Kier molecular flexibility index (Phi) is 4.77. The molecule has 2 amide bonds. The Morgan fingerprint density at radius 3 is 2.95 bits per heavy atom. The number of nitriles is 1. The van der Waals surface area contributed by atoms with Crippen molar-refractivity contribution in [2.45, 2.75) is 6.54 Å². The molecule has 1 N–H and O–H groups in total. The molecule has 102 valence electrons. The van der Waals surface area contributed by atoms with Gasteiger partial charge in [0.25, 0.3) is 0 Å². The number of hydrogen-bond donors (Lipinski definition) is 1. The first-order chi connectivity index (χ1) is 9.58. The predicted octanol–water partition coefficient (Wildman–Crippen LogP) is 4.05. The summed E-state index contributed by atoms with van der Waals surface area (Å²) in [5.74, 6) is 0. The van der Waals surface area contributed by atoms with Crippen molar-refractivity contribution in [2.75, 3.05) is 12.4 Å². The minimum absolute atomic E-state index is 0.206. The largest absolute Gasteiger partial charge is 0.323 e. The Bertz CT molecular complexity index is 662. The van der Waals surface area contributed by atoms with Crippen molar-refractivity contribution >= 4 is 39.0 Å². The summed E-state index contributed by atoms with van der Waals surface area (Å²) in [7, 11) is 1.73. The van der Waals surface area contributed by atoms with Gasteiger partial charge in [0.05, 0.1) is 15.4 Å². The molecule has 1 aromatic heterocycles. The number of hydrogen-bond acceptors (Lipinski definition) is 3. The summed E-state index contributed by atoms with van der Waals surface area (Å²) in [4.78, 5) is 13.6. The third kappa shape index (κ3) is 3.83. The lowest BCUT2D eigenvalue weighted by Crippen LogP contribution is -2.30. The van der Waals surface area contributed by atoms with Crippen LogP contribution in [0.1, 0.15) is 11.1 Å². The molecule has 6 heteroatoms. The Balaban J connectivity index is 1.98. The molecule has 1 aromatic carbocycles.